The molecular formula is C9H11N5O3S. The number of sulfonamides is 1. The van der Waals surface area contributed by atoms with Crippen LogP contribution in [0.3, 0.4) is 0 Å². The molecule has 0 aliphatic carbocycles. The van der Waals surface area contributed by atoms with Crippen molar-refractivity contribution in [2.24, 2.45) is 0 Å². The highest BCUT2D eigenvalue weighted by Crippen LogP contribution is 2.07. The van der Waals surface area contributed by atoms with Crippen LogP contribution >= 0.6 is 0 Å². The van der Waals surface area contributed by atoms with Crippen LogP contribution in [0.25, 0.3) is 0 Å². The van der Waals surface area contributed by atoms with Gasteiger partial charge in [0.25, 0.3) is 0 Å². The number of anilines is 1. The van der Waals surface area contributed by atoms with Gasteiger partial charge in [-0.25, -0.2) is 28.1 Å². The molecule has 0 unspecified atom stereocenters. The maximum atomic E-state index is 11.8. The summed E-state index contributed by atoms with van der Waals surface area (Å²) < 4.78 is 31.1. The smallest absolute Gasteiger partial charge is 0.244 e. The molecule has 0 fully saturated rings. The fourth-order valence-electron chi connectivity index (χ4n) is 1.19. The average molecular weight is 269 g/mol. The number of nitrogens with two attached hydrogens (primary N) is 1. The second-order valence-corrected chi connectivity index (χ2v) is 5.23. The summed E-state index contributed by atoms with van der Waals surface area (Å²) in [6.45, 7) is 1.68. The van der Waals surface area contributed by atoms with Gasteiger partial charge in [0.15, 0.2) is 0 Å². The van der Waals surface area contributed by atoms with E-state index in [4.69, 9.17) is 10.2 Å². The molecule has 0 amide bonds. The van der Waals surface area contributed by atoms with E-state index in [-0.39, 0.29) is 23.3 Å². The Balaban J connectivity index is 2.10. The number of nitrogens with one attached hydrogen (secondary N) is 1. The highest BCUT2D eigenvalue weighted by Gasteiger charge is 2.15. The van der Waals surface area contributed by atoms with Crippen LogP contribution in [0.5, 0.6) is 0 Å². The zero-order valence-electron chi connectivity index (χ0n) is 9.49. The van der Waals surface area contributed by atoms with E-state index in [1.165, 1.54) is 6.20 Å². The van der Waals surface area contributed by atoms with Gasteiger partial charge in [-0.3, -0.25) is 0 Å². The summed E-state index contributed by atoms with van der Waals surface area (Å²) in [6.07, 6.45) is 3.77. The molecule has 2 aromatic heterocycles. The van der Waals surface area contributed by atoms with Gasteiger partial charge in [0.1, 0.15) is 10.7 Å². The zero-order valence-corrected chi connectivity index (χ0v) is 10.3. The van der Waals surface area contributed by atoms with Crippen LogP contribution in [0.15, 0.2) is 27.9 Å². The number of aromatic nitrogens is 3. The van der Waals surface area contributed by atoms with Crippen molar-refractivity contribution in [3.8, 4) is 0 Å². The van der Waals surface area contributed by atoms with Crippen LogP contribution in [0.1, 0.15) is 11.7 Å². The van der Waals surface area contributed by atoms with Crippen LogP contribution in [-0.2, 0) is 16.6 Å². The van der Waals surface area contributed by atoms with E-state index in [0.717, 1.165) is 12.4 Å². The third kappa shape index (κ3) is 2.81. The molecule has 0 aliphatic heterocycles. The molecule has 0 saturated heterocycles. The fourth-order valence-corrected chi connectivity index (χ4v) is 2.05. The highest BCUT2D eigenvalue weighted by atomic mass is 32.2. The lowest BCUT2D eigenvalue weighted by Crippen LogP contribution is -2.23. The van der Waals surface area contributed by atoms with E-state index in [1.807, 2.05) is 0 Å². The van der Waals surface area contributed by atoms with Crippen molar-refractivity contribution >= 4 is 16.0 Å². The van der Waals surface area contributed by atoms with Gasteiger partial charge in [-0.15, -0.1) is 0 Å². The summed E-state index contributed by atoms with van der Waals surface area (Å²) in [7, 11) is -3.70. The molecule has 3 N–H and O–H groups in total. The van der Waals surface area contributed by atoms with Crippen molar-refractivity contribution in [3.63, 3.8) is 0 Å². The molecule has 8 nitrogen and oxygen atoms in total. The minimum atomic E-state index is -3.70. The first kappa shape index (κ1) is 12.5. The van der Waals surface area contributed by atoms with E-state index in [1.54, 1.807) is 6.92 Å². The first-order valence-corrected chi connectivity index (χ1v) is 6.44. The summed E-state index contributed by atoms with van der Waals surface area (Å²) in [6, 6.07) is 0. The monoisotopic (exact) mass is 269 g/mol. The Morgan fingerprint density at radius 1 is 1.28 bits per heavy atom. The summed E-state index contributed by atoms with van der Waals surface area (Å²) in [5, 5.41) is 0. The Bertz CT molecular complexity index is 634. The SMILES string of the molecule is Cc1cnc(CNS(=O)(=O)c2cnc(N)nc2)o1. The van der Waals surface area contributed by atoms with Crippen LogP contribution in [0, 0.1) is 6.92 Å². The molecule has 0 saturated carbocycles. The van der Waals surface area contributed by atoms with E-state index in [0.29, 0.717) is 5.76 Å². The molecule has 9 heteroatoms. The maximum Gasteiger partial charge on any atom is 0.244 e. The van der Waals surface area contributed by atoms with Gasteiger partial charge in [0.2, 0.25) is 21.9 Å². The number of hydrogen-bond acceptors (Lipinski definition) is 7. The van der Waals surface area contributed by atoms with Crippen molar-refractivity contribution < 1.29 is 12.8 Å². The Morgan fingerprint density at radius 3 is 2.50 bits per heavy atom. The molecule has 0 atom stereocenters. The minimum absolute atomic E-state index is 0.0114. The molecule has 2 heterocycles. The maximum absolute atomic E-state index is 11.8. The van der Waals surface area contributed by atoms with Gasteiger partial charge in [-0.2, -0.15) is 0 Å². The largest absolute Gasteiger partial charge is 0.445 e. The van der Waals surface area contributed by atoms with Crippen molar-refractivity contribution in [3.05, 3.63) is 30.2 Å². The van der Waals surface area contributed by atoms with Gasteiger partial charge >= 0.3 is 0 Å². The Kier molecular flexibility index (Phi) is 3.26. The first-order chi connectivity index (χ1) is 8.47. The topological polar surface area (TPSA) is 124 Å². The lowest BCUT2D eigenvalue weighted by Gasteiger charge is -2.03. The van der Waals surface area contributed by atoms with Gasteiger partial charge in [0, 0.05) is 0 Å². The molecule has 0 radical (unpaired) electrons. The normalized spacial score (nSPS) is 11.6. The molecule has 96 valence electrons. The number of nitrogen functional groups attached to an aromatic ring is 1. The highest BCUT2D eigenvalue weighted by molar-refractivity contribution is 7.89. The van der Waals surface area contributed by atoms with Crippen LogP contribution in [0.4, 0.5) is 5.95 Å². The number of oxazole rings is 1. The number of aryl methyl sites for hydroxylation is 1. The number of hydrogen-bond donors (Lipinski definition) is 2. The Hall–Kier alpha value is -2.00. The summed E-state index contributed by atoms with van der Waals surface area (Å²) in [5.74, 6) is 0.907. The average Bonchev–Trinajstić information content (AvgIpc) is 2.73. The van der Waals surface area contributed by atoms with Crippen molar-refractivity contribution in [1.82, 2.24) is 19.7 Å². The van der Waals surface area contributed by atoms with Gasteiger partial charge in [-0.1, -0.05) is 0 Å². The van der Waals surface area contributed by atoms with E-state index in [2.05, 4.69) is 19.7 Å². The molecule has 0 aliphatic rings. The standard InChI is InChI=1S/C9H11N5O3S/c1-6-2-11-8(17-6)5-14-18(15,16)7-3-12-9(10)13-4-7/h2-4,14H,5H2,1H3,(H2,10,12,13). The number of rotatable bonds is 4. The van der Waals surface area contributed by atoms with Crippen molar-refractivity contribution in [2.45, 2.75) is 18.4 Å². The molecular weight excluding hydrogens is 258 g/mol. The molecule has 0 spiro atoms. The quantitative estimate of drug-likeness (QED) is 0.789. The zero-order chi connectivity index (χ0) is 13.2. The predicted octanol–water partition coefficient (Wildman–Crippen LogP) is -0.166. The van der Waals surface area contributed by atoms with Gasteiger partial charge < -0.3 is 10.2 Å². The third-order valence-corrected chi connectivity index (χ3v) is 3.40. The lowest BCUT2D eigenvalue weighted by atomic mass is 10.6. The Labute approximate surface area is 103 Å². The Morgan fingerprint density at radius 2 is 1.94 bits per heavy atom. The van der Waals surface area contributed by atoms with Crippen LogP contribution in [-0.4, -0.2) is 23.4 Å². The minimum Gasteiger partial charge on any atom is -0.445 e. The molecule has 18 heavy (non-hydrogen) atoms. The van der Waals surface area contributed by atoms with Gasteiger partial charge in [0.05, 0.1) is 25.1 Å². The molecule has 0 aromatic carbocycles. The lowest BCUT2D eigenvalue weighted by molar-refractivity contribution is 0.463. The summed E-state index contributed by atoms with van der Waals surface area (Å²) >= 11 is 0. The second-order valence-electron chi connectivity index (χ2n) is 3.47. The predicted molar refractivity (Wildman–Crippen MR) is 61.7 cm³/mol. The van der Waals surface area contributed by atoms with Crippen molar-refractivity contribution in [2.75, 3.05) is 5.73 Å². The third-order valence-electron chi connectivity index (χ3n) is 2.04. The van der Waals surface area contributed by atoms with E-state index in [9.17, 15) is 8.42 Å². The van der Waals surface area contributed by atoms with Crippen LogP contribution in [0.2, 0.25) is 0 Å². The van der Waals surface area contributed by atoms with Crippen molar-refractivity contribution in [1.29, 1.82) is 0 Å². The molecule has 2 rings (SSSR count). The van der Waals surface area contributed by atoms with Gasteiger partial charge in [-0.05, 0) is 6.92 Å². The summed E-state index contributed by atoms with van der Waals surface area (Å²) in [4.78, 5) is 11.0. The molecule has 2 aromatic rings. The van der Waals surface area contributed by atoms with Crippen LogP contribution < -0.4 is 10.5 Å². The van der Waals surface area contributed by atoms with E-state index < -0.39 is 10.0 Å². The second kappa shape index (κ2) is 4.70. The number of nitrogens with zero attached hydrogens (tertiary/aromatic N) is 3. The fraction of sp³-hybridized carbons (Fsp3) is 0.222. The summed E-state index contributed by atoms with van der Waals surface area (Å²) in [5.41, 5.74) is 5.28. The molecule has 0 bridgehead atoms. The first-order valence-electron chi connectivity index (χ1n) is 4.96. The van der Waals surface area contributed by atoms with E-state index >= 15 is 0 Å².